The predicted molar refractivity (Wildman–Crippen MR) is 68.6 cm³/mol. The van der Waals surface area contributed by atoms with Crippen LogP contribution in [0.2, 0.25) is 0 Å². The van der Waals surface area contributed by atoms with E-state index >= 15 is 0 Å². The van der Waals surface area contributed by atoms with Gasteiger partial charge in [0.25, 0.3) is 0 Å². The molecule has 1 aromatic rings. The predicted octanol–water partition coefficient (Wildman–Crippen LogP) is 0.244. The maximum atomic E-state index is 5.41. The summed E-state index contributed by atoms with van der Waals surface area (Å²) >= 11 is 0. The molecule has 1 unspecified atom stereocenters. The van der Waals surface area contributed by atoms with Crippen LogP contribution in [0.15, 0.2) is 6.33 Å². The van der Waals surface area contributed by atoms with Gasteiger partial charge in [-0.3, -0.25) is 0 Å². The van der Waals surface area contributed by atoms with Gasteiger partial charge in [0.1, 0.15) is 6.33 Å². The van der Waals surface area contributed by atoms with Crippen molar-refractivity contribution in [2.75, 3.05) is 44.2 Å². The number of hydrazine groups is 1. The normalized spacial score (nSPS) is 19.1. The van der Waals surface area contributed by atoms with Crippen LogP contribution in [0.5, 0.6) is 5.75 Å². The summed E-state index contributed by atoms with van der Waals surface area (Å²) < 4.78 is 10.5. The van der Waals surface area contributed by atoms with Gasteiger partial charge in [-0.05, 0) is 6.42 Å². The van der Waals surface area contributed by atoms with Crippen molar-refractivity contribution in [1.82, 2.24) is 9.97 Å². The Morgan fingerprint density at radius 3 is 3.00 bits per heavy atom. The maximum absolute atomic E-state index is 5.41. The minimum atomic E-state index is 0.498. The quantitative estimate of drug-likeness (QED) is 0.574. The fraction of sp³-hybridized carbons (Fsp3) is 0.636. The molecule has 0 radical (unpaired) electrons. The molecule has 0 saturated carbocycles. The van der Waals surface area contributed by atoms with Crippen molar-refractivity contribution in [2.45, 2.75) is 6.42 Å². The third-order valence-corrected chi connectivity index (χ3v) is 3.11. The van der Waals surface area contributed by atoms with Crippen molar-refractivity contribution < 1.29 is 9.47 Å². The molecule has 1 saturated heterocycles. The summed E-state index contributed by atoms with van der Waals surface area (Å²) in [6, 6.07) is 0. The number of rotatable bonds is 5. The van der Waals surface area contributed by atoms with Gasteiger partial charge in [-0.1, -0.05) is 0 Å². The molecule has 7 nitrogen and oxygen atoms in total. The highest BCUT2D eigenvalue weighted by molar-refractivity contribution is 5.64. The average molecular weight is 253 g/mol. The first-order valence-electron chi connectivity index (χ1n) is 5.89. The van der Waals surface area contributed by atoms with E-state index < -0.39 is 0 Å². The largest absolute Gasteiger partial charge is 0.490 e. The van der Waals surface area contributed by atoms with Crippen LogP contribution in [-0.4, -0.2) is 43.9 Å². The van der Waals surface area contributed by atoms with Gasteiger partial charge in [0, 0.05) is 26.1 Å². The number of aromatic nitrogens is 2. The molecule has 7 heteroatoms. The molecule has 0 spiro atoms. The third kappa shape index (κ3) is 2.46. The summed E-state index contributed by atoms with van der Waals surface area (Å²) in [4.78, 5) is 10.5. The molecule has 100 valence electrons. The monoisotopic (exact) mass is 253 g/mol. The first-order valence-corrected chi connectivity index (χ1v) is 5.89. The first kappa shape index (κ1) is 12.8. The Kier molecular flexibility index (Phi) is 4.16. The Balaban J connectivity index is 2.18. The van der Waals surface area contributed by atoms with Crippen LogP contribution in [0.4, 0.5) is 11.6 Å². The Labute approximate surface area is 106 Å². The molecule has 2 heterocycles. The van der Waals surface area contributed by atoms with Crippen LogP contribution in [0.3, 0.4) is 0 Å². The standard InChI is InChI=1S/C11H19N5O2/c1-17-6-8-3-4-16(5-8)11-9(18-2)10(15-12)13-7-14-11/h7-8H,3-6,12H2,1-2H3,(H,13,14,15). The highest BCUT2D eigenvalue weighted by atomic mass is 16.5. The second kappa shape index (κ2) is 5.83. The molecule has 0 amide bonds. The minimum Gasteiger partial charge on any atom is -0.490 e. The smallest absolute Gasteiger partial charge is 0.205 e. The molecule has 18 heavy (non-hydrogen) atoms. The highest BCUT2D eigenvalue weighted by Gasteiger charge is 2.26. The molecular formula is C11H19N5O2. The van der Waals surface area contributed by atoms with Crippen molar-refractivity contribution in [1.29, 1.82) is 0 Å². The van der Waals surface area contributed by atoms with Crippen LogP contribution in [0.1, 0.15) is 6.42 Å². The lowest BCUT2D eigenvalue weighted by molar-refractivity contribution is 0.161. The van der Waals surface area contributed by atoms with Gasteiger partial charge in [-0.2, -0.15) is 0 Å². The summed E-state index contributed by atoms with van der Waals surface area (Å²) in [5.41, 5.74) is 2.52. The number of hydrogen-bond acceptors (Lipinski definition) is 7. The van der Waals surface area contributed by atoms with E-state index in [-0.39, 0.29) is 0 Å². The molecule has 0 aromatic carbocycles. The molecule has 3 N–H and O–H groups in total. The second-order valence-corrected chi connectivity index (χ2v) is 4.28. The van der Waals surface area contributed by atoms with Gasteiger partial charge in [0.05, 0.1) is 13.7 Å². The first-order chi connectivity index (χ1) is 8.80. The summed E-state index contributed by atoms with van der Waals surface area (Å²) in [6.45, 7) is 2.61. The highest BCUT2D eigenvalue weighted by Crippen LogP contribution is 2.34. The van der Waals surface area contributed by atoms with Crippen molar-refractivity contribution in [3.8, 4) is 5.75 Å². The zero-order valence-electron chi connectivity index (χ0n) is 10.7. The summed E-state index contributed by atoms with van der Waals surface area (Å²) in [7, 11) is 3.32. The third-order valence-electron chi connectivity index (χ3n) is 3.11. The van der Waals surface area contributed by atoms with Crippen molar-refractivity contribution >= 4 is 11.6 Å². The van der Waals surface area contributed by atoms with E-state index in [9.17, 15) is 0 Å². The van der Waals surface area contributed by atoms with Crippen LogP contribution < -0.4 is 20.9 Å². The summed E-state index contributed by atoms with van der Waals surface area (Å²) in [5, 5.41) is 0. The van der Waals surface area contributed by atoms with Gasteiger partial charge in [0.2, 0.25) is 5.75 Å². The number of nitrogens with zero attached hydrogens (tertiary/aromatic N) is 3. The van der Waals surface area contributed by atoms with E-state index in [1.807, 2.05) is 0 Å². The van der Waals surface area contributed by atoms with Gasteiger partial charge >= 0.3 is 0 Å². The zero-order valence-corrected chi connectivity index (χ0v) is 10.7. The molecule has 1 aliphatic rings. The lowest BCUT2D eigenvalue weighted by atomic mass is 10.1. The van der Waals surface area contributed by atoms with Crippen LogP contribution >= 0.6 is 0 Å². The molecular weight excluding hydrogens is 234 g/mol. The maximum Gasteiger partial charge on any atom is 0.205 e. The fourth-order valence-corrected chi connectivity index (χ4v) is 2.28. The molecule has 1 fully saturated rings. The SMILES string of the molecule is COCC1CCN(c2ncnc(NN)c2OC)C1. The lowest BCUT2D eigenvalue weighted by Gasteiger charge is -2.20. The number of anilines is 2. The van der Waals surface area contributed by atoms with Crippen LogP contribution in [0, 0.1) is 5.92 Å². The minimum absolute atomic E-state index is 0.498. The second-order valence-electron chi connectivity index (χ2n) is 4.28. The average Bonchev–Trinajstić information content (AvgIpc) is 2.86. The number of hydrogen-bond donors (Lipinski definition) is 2. The number of nitrogens with two attached hydrogens (primary N) is 1. The van der Waals surface area contributed by atoms with E-state index in [2.05, 4.69) is 20.3 Å². The molecule has 1 aliphatic heterocycles. The Morgan fingerprint density at radius 2 is 2.33 bits per heavy atom. The van der Waals surface area contributed by atoms with Crippen molar-refractivity contribution in [3.05, 3.63) is 6.33 Å². The zero-order chi connectivity index (χ0) is 13.0. The number of ether oxygens (including phenoxy) is 2. The topological polar surface area (TPSA) is 85.5 Å². The van der Waals surface area contributed by atoms with Gasteiger partial charge in [-0.15, -0.1) is 0 Å². The van der Waals surface area contributed by atoms with Gasteiger partial charge in [0.15, 0.2) is 11.6 Å². The number of nitrogen functional groups attached to an aromatic ring is 1. The summed E-state index contributed by atoms with van der Waals surface area (Å²) in [5.74, 6) is 7.80. The molecule has 0 bridgehead atoms. The Bertz CT molecular complexity index is 401. The molecule has 2 rings (SSSR count). The van der Waals surface area contributed by atoms with Gasteiger partial charge < -0.3 is 19.8 Å². The Hall–Kier alpha value is -1.60. The number of methoxy groups -OCH3 is 2. The van der Waals surface area contributed by atoms with E-state index in [4.69, 9.17) is 15.3 Å². The summed E-state index contributed by atoms with van der Waals surface area (Å²) in [6.07, 6.45) is 2.57. The number of nitrogens with one attached hydrogen (secondary N) is 1. The van der Waals surface area contributed by atoms with E-state index in [1.54, 1.807) is 14.2 Å². The van der Waals surface area contributed by atoms with E-state index in [1.165, 1.54) is 6.33 Å². The van der Waals surface area contributed by atoms with Crippen molar-refractivity contribution in [3.63, 3.8) is 0 Å². The van der Waals surface area contributed by atoms with Crippen LogP contribution in [0.25, 0.3) is 0 Å². The molecule has 0 aliphatic carbocycles. The van der Waals surface area contributed by atoms with E-state index in [0.717, 1.165) is 31.9 Å². The van der Waals surface area contributed by atoms with Crippen LogP contribution in [-0.2, 0) is 4.74 Å². The molecule has 1 aromatic heterocycles. The lowest BCUT2D eigenvalue weighted by Crippen LogP contribution is -2.23. The van der Waals surface area contributed by atoms with Crippen molar-refractivity contribution in [2.24, 2.45) is 11.8 Å². The molecule has 1 atom stereocenters. The van der Waals surface area contributed by atoms with Gasteiger partial charge in [-0.25, -0.2) is 15.8 Å². The Morgan fingerprint density at radius 1 is 1.50 bits per heavy atom. The van der Waals surface area contributed by atoms with E-state index in [0.29, 0.717) is 17.5 Å². The fourth-order valence-electron chi connectivity index (χ4n) is 2.28.